The van der Waals surface area contributed by atoms with Gasteiger partial charge in [0.1, 0.15) is 5.69 Å². The maximum Gasteiger partial charge on any atom is 0.165 e. The molecular formula is C34H21N3. The minimum Gasteiger partial charge on any atom is -0.291 e. The molecule has 0 aliphatic heterocycles. The summed E-state index contributed by atoms with van der Waals surface area (Å²) in [5.74, 6) is 0.845. The fourth-order valence-electron chi connectivity index (χ4n) is 5.69. The van der Waals surface area contributed by atoms with Gasteiger partial charge in [-0.25, -0.2) is 9.97 Å². The van der Waals surface area contributed by atoms with Crippen LogP contribution in [0.2, 0.25) is 0 Å². The summed E-state index contributed by atoms with van der Waals surface area (Å²) >= 11 is 0. The Morgan fingerprint density at radius 2 is 0.919 bits per heavy atom. The Kier molecular flexibility index (Phi) is 4.23. The van der Waals surface area contributed by atoms with E-state index in [1.807, 2.05) is 30.3 Å². The van der Waals surface area contributed by atoms with Crippen LogP contribution in [0.5, 0.6) is 0 Å². The van der Waals surface area contributed by atoms with E-state index in [4.69, 9.17) is 9.97 Å². The fraction of sp³-hybridized carbons (Fsp3) is 0. The molecule has 3 nitrogen and oxygen atoms in total. The highest BCUT2D eigenvalue weighted by atomic mass is 15.1. The zero-order valence-electron chi connectivity index (χ0n) is 20.0. The molecule has 6 aromatic carbocycles. The monoisotopic (exact) mass is 471 g/mol. The first-order valence-electron chi connectivity index (χ1n) is 12.5. The van der Waals surface area contributed by atoms with E-state index in [9.17, 15) is 0 Å². The average Bonchev–Trinajstić information content (AvgIpc) is 3.32. The molecule has 0 aliphatic carbocycles. The third-order valence-electron chi connectivity index (χ3n) is 7.35. The average molecular weight is 472 g/mol. The highest BCUT2D eigenvalue weighted by molar-refractivity contribution is 6.24. The summed E-state index contributed by atoms with van der Waals surface area (Å²) in [6.45, 7) is 0. The first kappa shape index (κ1) is 20.2. The molecule has 8 aromatic rings. The molecule has 0 atom stereocenters. The van der Waals surface area contributed by atoms with E-state index in [1.165, 1.54) is 32.3 Å². The van der Waals surface area contributed by atoms with Gasteiger partial charge >= 0.3 is 0 Å². The third-order valence-corrected chi connectivity index (χ3v) is 7.35. The Morgan fingerprint density at radius 3 is 1.54 bits per heavy atom. The van der Waals surface area contributed by atoms with E-state index in [0.717, 1.165) is 39.1 Å². The van der Waals surface area contributed by atoms with Crippen LogP contribution in [0.4, 0.5) is 0 Å². The quantitative estimate of drug-likeness (QED) is 0.252. The molecule has 0 saturated heterocycles. The van der Waals surface area contributed by atoms with Crippen LogP contribution >= 0.6 is 0 Å². The highest BCUT2D eigenvalue weighted by Gasteiger charge is 2.21. The van der Waals surface area contributed by atoms with Gasteiger partial charge in [0.05, 0.1) is 22.1 Å². The van der Waals surface area contributed by atoms with Crippen molar-refractivity contribution in [3.8, 4) is 17.1 Å². The van der Waals surface area contributed by atoms with Crippen LogP contribution in [0.25, 0.3) is 71.5 Å². The van der Waals surface area contributed by atoms with Gasteiger partial charge in [-0.3, -0.25) is 4.57 Å². The van der Waals surface area contributed by atoms with Crippen LogP contribution in [-0.4, -0.2) is 14.5 Å². The number of benzene rings is 6. The summed E-state index contributed by atoms with van der Waals surface area (Å²) in [5, 5.41) is 7.25. The highest BCUT2D eigenvalue weighted by Crippen LogP contribution is 2.41. The Labute approximate surface area is 213 Å². The topological polar surface area (TPSA) is 30.7 Å². The Bertz CT molecular complexity index is 2050. The summed E-state index contributed by atoms with van der Waals surface area (Å²) in [5.41, 5.74) is 6.01. The van der Waals surface area contributed by atoms with Gasteiger partial charge < -0.3 is 0 Å². The lowest BCUT2D eigenvalue weighted by molar-refractivity contribution is 1.09. The number of nitrogens with zero attached hydrogens (tertiary/aromatic N) is 3. The molecular weight excluding hydrogens is 450 g/mol. The lowest BCUT2D eigenvalue weighted by atomic mass is 10.0. The molecule has 0 bridgehead atoms. The van der Waals surface area contributed by atoms with Gasteiger partial charge in [0.15, 0.2) is 5.82 Å². The molecule has 0 spiro atoms. The van der Waals surface area contributed by atoms with Crippen LogP contribution in [-0.2, 0) is 0 Å². The number of rotatable bonds is 2. The molecule has 0 amide bonds. The zero-order valence-corrected chi connectivity index (χ0v) is 20.0. The van der Waals surface area contributed by atoms with Gasteiger partial charge in [-0.15, -0.1) is 0 Å². The summed E-state index contributed by atoms with van der Waals surface area (Å²) < 4.78 is 2.36. The van der Waals surface area contributed by atoms with Crippen LogP contribution in [0, 0.1) is 0 Å². The second kappa shape index (κ2) is 7.74. The molecule has 2 aromatic heterocycles. The van der Waals surface area contributed by atoms with E-state index < -0.39 is 0 Å². The van der Waals surface area contributed by atoms with Crippen LogP contribution in [0.15, 0.2) is 127 Å². The molecule has 8 rings (SSSR count). The van der Waals surface area contributed by atoms with E-state index in [1.54, 1.807) is 0 Å². The molecule has 2 heterocycles. The maximum atomic E-state index is 5.31. The lowest BCUT2D eigenvalue weighted by Gasteiger charge is -2.15. The summed E-state index contributed by atoms with van der Waals surface area (Å²) in [6, 6.07) is 44.7. The molecule has 0 saturated carbocycles. The summed E-state index contributed by atoms with van der Waals surface area (Å²) in [6.07, 6.45) is 0. The second-order valence-electron chi connectivity index (χ2n) is 9.45. The molecule has 0 unspecified atom stereocenters. The molecule has 0 aliphatic rings. The molecule has 0 N–H and O–H groups in total. The normalized spacial score (nSPS) is 11.8. The van der Waals surface area contributed by atoms with Crippen LogP contribution in [0.1, 0.15) is 0 Å². The van der Waals surface area contributed by atoms with Crippen molar-refractivity contribution in [2.75, 3.05) is 0 Å². The van der Waals surface area contributed by atoms with E-state index in [0.29, 0.717) is 0 Å². The Morgan fingerprint density at radius 1 is 0.405 bits per heavy atom. The SMILES string of the molecule is c1ccc(-c2nc3ccccc3nc2-n2c3c4ccccc4ccc3c3ccc4ccccc4c32)cc1. The van der Waals surface area contributed by atoms with Gasteiger partial charge in [0.25, 0.3) is 0 Å². The predicted molar refractivity (Wildman–Crippen MR) is 154 cm³/mol. The number of para-hydroxylation sites is 2. The van der Waals surface area contributed by atoms with E-state index >= 15 is 0 Å². The molecule has 0 radical (unpaired) electrons. The number of aromatic nitrogens is 3. The minimum absolute atomic E-state index is 0.845. The van der Waals surface area contributed by atoms with Gasteiger partial charge in [-0.1, -0.05) is 115 Å². The number of hydrogen-bond donors (Lipinski definition) is 0. The smallest absolute Gasteiger partial charge is 0.165 e. The van der Waals surface area contributed by atoms with Gasteiger partial charge in [-0.05, 0) is 22.9 Å². The summed E-state index contributed by atoms with van der Waals surface area (Å²) in [7, 11) is 0. The van der Waals surface area contributed by atoms with Gasteiger partial charge in [0, 0.05) is 27.1 Å². The molecule has 0 fully saturated rings. The van der Waals surface area contributed by atoms with Crippen LogP contribution in [0.3, 0.4) is 0 Å². The van der Waals surface area contributed by atoms with Crippen molar-refractivity contribution in [3.63, 3.8) is 0 Å². The first-order chi connectivity index (χ1) is 18.4. The molecule has 37 heavy (non-hydrogen) atoms. The predicted octanol–water partition coefficient (Wildman–Crippen LogP) is 8.70. The number of fused-ring (bicyclic) bond motifs is 8. The fourth-order valence-corrected chi connectivity index (χ4v) is 5.69. The van der Waals surface area contributed by atoms with Crippen molar-refractivity contribution in [2.24, 2.45) is 0 Å². The maximum absolute atomic E-state index is 5.31. The first-order valence-corrected chi connectivity index (χ1v) is 12.5. The van der Waals surface area contributed by atoms with Gasteiger partial charge in [0.2, 0.25) is 0 Å². The van der Waals surface area contributed by atoms with Crippen molar-refractivity contribution in [1.29, 1.82) is 0 Å². The van der Waals surface area contributed by atoms with Crippen molar-refractivity contribution < 1.29 is 0 Å². The second-order valence-corrected chi connectivity index (χ2v) is 9.45. The van der Waals surface area contributed by atoms with Gasteiger partial charge in [-0.2, -0.15) is 0 Å². The minimum atomic E-state index is 0.845. The van der Waals surface area contributed by atoms with E-state index in [2.05, 4.69) is 102 Å². The third kappa shape index (κ3) is 2.95. The van der Waals surface area contributed by atoms with Crippen molar-refractivity contribution in [1.82, 2.24) is 14.5 Å². The van der Waals surface area contributed by atoms with Crippen molar-refractivity contribution in [2.45, 2.75) is 0 Å². The standard InChI is InChI=1S/C34H21N3/c1-2-12-24(13-3-1)31-34(36-30-17-9-8-16-29(30)35-31)37-32-25-14-6-4-10-22(25)18-20-27(32)28-21-19-23-11-5-7-15-26(23)33(28)37/h1-21H. The van der Waals surface area contributed by atoms with E-state index in [-0.39, 0.29) is 0 Å². The van der Waals surface area contributed by atoms with Crippen LogP contribution < -0.4 is 0 Å². The number of hydrogen-bond acceptors (Lipinski definition) is 2. The molecule has 3 heteroatoms. The lowest BCUT2D eigenvalue weighted by Crippen LogP contribution is -2.04. The summed E-state index contributed by atoms with van der Waals surface area (Å²) in [4.78, 5) is 10.5. The largest absolute Gasteiger partial charge is 0.291 e. The zero-order chi connectivity index (χ0) is 24.3. The Hall–Kier alpha value is -5.02. The van der Waals surface area contributed by atoms with Crippen molar-refractivity contribution in [3.05, 3.63) is 127 Å². The van der Waals surface area contributed by atoms with Crippen molar-refractivity contribution >= 4 is 54.4 Å². The Balaban J connectivity index is 1.66. The molecule has 172 valence electrons.